The molecular weight excluding hydrogens is 359 g/mol. The fourth-order valence-electron chi connectivity index (χ4n) is 2.93. The number of hydrogen-bond acceptors (Lipinski definition) is 3. The minimum absolute atomic E-state index is 0.0233. The Morgan fingerprint density at radius 1 is 0.963 bits per heavy atom. The van der Waals surface area contributed by atoms with E-state index in [-0.39, 0.29) is 24.3 Å². The van der Waals surface area contributed by atoms with Gasteiger partial charge in [0.25, 0.3) is 0 Å². The van der Waals surface area contributed by atoms with E-state index in [0.29, 0.717) is 25.2 Å². The van der Waals surface area contributed by atoms with Crippen LogP contribution in [0.15, 0.2) is 0 Å². The number of amides is 1. The molecule has 160 valence electrons. The monoisotopic (exact) mass is 395 g/mol. The van der Waals surface area contributed by atoms with Gasteiger partial charge in [-0.25, -0.2) is 0 Å². The topological polar surface area (TPSA) is 55.4 Å². The van der Waals surface area contributed by atoms with Crippen LogP contribution >= 0.6 is 0 Å². The second-order valence-corrected chi connectivity index (χ2v) is 9.04. The molecular formula is C20H36F3NO3. The van der Waals surface area contributed by atoms with E-state index in [1.807, 2.05) is 26.1 Å². The molecule has 7 heteroatoms. The molecule has 0 spiro atoms. The van der Waals surface area contributed by atoms with Crippen molar-refractivity contribution >= 4 is 11.9 Å². The van der Waals surface area contributed by atoms with Crippen molar-refractivity contribution in [1.82, 2.24) is 5.32 Å². The Balaban J connectivity index is 4.60. The number of rotatable bonds is 11. The van der Waals surface area contributed by atoms with Crippen molar-refractivity contribution < 1.29 is 27.5 Å². The van der Waals surface area contributed by atoms with Gasteiger partial charge in [0.1, 0.15) is 5.60 Å². The van der Waals surface area contributed by atoms with Gasteiger partial charge in [-0.3, -0.25) is 9.59 Å². The van der Waals surface area contributed by atoms with Crippen molar-refractivity contribution in [2.45, 2.75) is 98.3 Å². The molecule has 0 aromatic rings. The van der Waals surface area contributed by atoms with Gasteiger partial charge in [0.05, 0.1) is 0 Å². The lowest BCUT2D eigenvalue weighted by atomic mass is 9.76. The molecule has 1 amide bonds. The molecule has 0 radical (unpaired) electrons. The van der Waals surface area contributed by atoms with Crippen LogP contribution in [-0.4, -0.2) is 30.2 Å². The van der Waals surface area contributed by atoms with Crippen molar-refractivity contribution in [2.24, 2.45) is 11.3 Å². The zero-order chi connectivity index (χ0) is 21.3. The zero-order valence-corrected chi connectivity index (χ0v) is 17.6. The lowest BCUT2D eigenvalue weighted by Gasteiger charge is -2.31. The van der Waals surface area contributed by atoms with Gasteiger partial charge in [-0.15, -0.1) is 0 Å². The highest BCUT2D eigenvalue weighted by Crippen LogP contribution is 2.35. The molecule has 0 bridgehead atoms. The minimum Gasteiger partial charge on any atom is -0.460 e. The third-order valence-corrected chi connectivity index (χ3v) is 4.41. The smallest absolute Gasteiger partial charge is 0.460 e. The third-order valence-electron chi connectivity index (χ3n) is 4.41. The standard InChI is InChI=1S/C20H36F3NO3/c1-15(2)9-7-11-19(6,13-10-16(25)27-18(3,4)5)12-8-14-24-17(26)20(21,22)23/h15H,7-14H2,1-6H3,(H,24,26)/t19-/m0/s1. The van der Waals surface area contributed by atoms with E-state index in [0.717, 1.165) is 19.3 Å². The van der Waals surface area contributed by atoms with Gasteiger partial charge in [0.2, 0.25) is 0 Å². The summed E-state index contributed by atoms with van der Waals surface area (Å²) >= 11 is 0. The molecule has 27 heavy (non-hydrogen) atoms. The Hall–Kier alpha value is -1.27. The van der Waals surface area contributed by atoms with Crippen LogP contribution in [0.5, 0.6) is 0 Å². The van der Waals surface area contributed by atoms with E-state index in [1.54, 1.807) is 0 Å². The maximum Gasteiger partial charge on any atom is 0.471 e. The first-order valence-electron chi connectivity index (χ1n) is 9.71. The summed E-state index contributed by atoms with van der Waals surface area (Å²) in [6, 6.07) is 0. The Morgan fingerprint density at radius 3 is 2.00 bits per heavy atom. The SMILES string of the molecule is CC(C)CCC[C@@](C)(CCCNC(=O)C(F)(F)F)CCC(=O)OC(C)(C)C. The first kappa shape index (κ1) is 25.7. The highest BCUT2D eigenvalue weighted by Gasteiger charge is 2.38. The Kier molecular flexibility index (Phi) is 10.4. The predicted molar refractivity (Wildman–Crippen MR) is 100 cm³/mol. The molecule has 0 saturated carbocycles. The highest BCUT2D eigenvalue weighted by atomic mass is 19.4. The number of alkyl halides is 3. The fourth-order valence-corrected chi connectivity index (χ4v) is 2.93. The van der Waals surface area contributed by atoms with Gasteiger partial charge < -0.3 is 10.1 Å². The average molecular weight is 396 g/mol. The van der Waals surface area contributed by atoms with Crippen LogP contribution in [0.2, 0.25) is 0 Å². The largest absolute Gasteiger partial charge is 0.471 e. The maximum absolute atomic E-state index is 12.2. The Morgan fingerprint density at radius 2 is 1.52 bits per heavy atom. The second-order valence-electron chi connectivity index (χ2n) is 9.04. The van der Waals surface area contributed by atoms with Crippen molar-refractivity contribution in [3.63, 3.8) is 0 Å². The van der Waals surface area contributed by atoms with Gasteiger partial charge in [-0.2, -0.15) is 13.2 Å². The molecule has 0 aromatic carbocycles. The van der Waals surface area contributed by atoms with Gasteiger partial charge in [-0.05, 0) is 57.8 Å². The zero-order valence-electron chi connectivity index (χ0n) is 17.6. The normalized spacial score (nSPS) is 14.7. The number of ether oxygens (including phenoxy) is 1. The molecule has 0 aliphatic rings. The molecule has 1 atom stereocenters. The fraction of sp³-hybridized carbons (Fsp3) is 0.900. The molecule has 0 heterocycles. The first-order chi connectivity index (χ1) is 12.1. The number of nitrogens with one attached hydrogen (secondary N) is 1. The van der Waals surface area contributed by atoms with Gasteiger partial charge in [0, 0.05) is 13.0 Å². The second kappa shape index (κ2) is 10.9. The van der Waals surface area contributed by atoms with Gasteiger partial charge in [0.15, 0.2) is 0 Å². The number of hydrogen-bond donors (Lipinski definition) is 1. The summed E-state index contributed by atoms with van der Waals surface area (Å²) in [5.74, 6) is -1.59. The van der Waals surface area contributed by atoms with E-state index >= 15 is 0 Å². The molecule has 1 N–H and O–H groups in total. The van der Waals surface area contributed by atoms with Crippen molar-refractivity contribution in [2.75, 3.05) is 6.54 Å². The maximum atomic E-state index is 12.2. The first-order valence-corrected chi connectivity index (χ1v) is 9.71. The summed E-state index contributed by atoms with van der Waals surface area (Å²) < 4.78 is 42.1. The molecule has 0 unspecified atom stereocenters. The summed E-state index contributed by atoms with van der Waals surface area (Å²) in [6.45, 7) is 11.8. The lowest BCUT2D eigenvalue weighted by molar-refractivity contribution is -0.173. The summed E-state index contributed by atoms with van der Waals surface area (Å²) in [6.07, 6.45) is 0.0840. The average Bonchev–Trinajstić information content (AvgIpc) is 2.46. The van der Waals surface area contributed by atoms with Gasteiger partial charge in [-0.1, -0.05) is 33.6 Å². The number of esters is 1. The molecule has 0 aromatic heterocycles. The Bertz CT molecular complexity index is 470. The summed E-state index contributed by atoms with van der Waals surface area (Å²) in [5, 5.41) is 1.91. The van der Waals surface area contributed by atoms with Crippen LogP contribution in [0.3, 0.4) is 0 Å². The predicted octanol–water partition coefficient (Wildman–Crippen LogP) is 5.40. The van der Waals surface area contributed by atoms with Crippen molar-refractivity contribution in [3.05, 3.63) is 0 Å². The highest BCUT2D eigenvalue weighted by molar-refractivity contribution is 5.81. The van der Waals surface area contributed by atoms with E-state index in [1.165, 1.54) is 0 Å². The lowest BCUT2D eigenvalue weighted by Crippen LogP contribution is -2.37. The van der Waals surface area contributed by atoms with Crippen molar-refractivity contribution in [3.8, 4) is 0 Å². The van der Waals surface area contributed by atoms with Gasteiger partial charge >= 0.3 is 18.1 Å². The van der Waals surface area contributed by atoms with Crippen LogP contribution in [0, 0.1) is 11.3 Å². The van der Waals surface area contributed by atoms with Crippen LogP contribution in [0.4, 0.5) is 13.2 Å². The number of halogens is 3. The number of carbonyl (C=O) groups is 2. The molecule has 0 saturated heterocycles. The minimum atomic E-state index is -4.85. The summed E-state index contributed by atoms with van der Waals surface area (Å²) in [4.78, 5) is 22.9. The Labute approximate surface area is 161 Å². The molecule has 0 fully saturated rings. The molecule has 0 rings (SSSR count). The molecule has 0 aliphatic carbocycles. The van der Waals surface area contributed by atoms with Crippen molar-refractivity contribution in [1.29, 1.82) is 0 Å². The van der Waals surface area contributed by atoms with E-state index in [9.17, 15) is 22.8 Å². The van der Waals surface area contributed by atoms with Crippen LogP contribution in [0.25, 0.3) is 0 Å². The van der Waals surface area contributed by atoms with E-state index < -0.39 is 17.7 Å². The van der Waals surface area contributed by atoms with Crippen LogP contribution in [-0.2, 0) is 14.3 Å². The molecule has 4 nitrogen and oxygen atoms in total. The molecule has 0 aliphatic heterocycles. The van der Waals surface area contributed by atoms with E-state index in [4.69, 9.17) is 4.74 Å². The summed E-state index contributed by atoms with van der Waals surface area (Å²) in [7, 11) is 0. The summed E-state index contributed by atoms with van der Waals surface area (Å²) in [5.41, 5.74) is -0.707. The van der Waals surface area contributed by atoms with Crippen LogP contribution < -0.4 is 5.32 Å². The number of carbonyl (C=O) groups excluding carboxylic acids is 2. The van der Waals surface area contributed by atoms with Crippen LogP contribution in [0.1, 0.15) is 86.5 Å². The quantitative estimate of drug-likeness (QED) is 0.376. The van der Waals surface area contributed by atoms with E-state index in [2.05, 4.69) is 20.8 Å². The third kappa shape index (κ3) is 13.5.